The topological polar surface area (TPSA) is 59.8 Å². The number of aryl methyl sites for hydroxylation is 1. The molecule has 1 N–H and O–H groups in total. The molecule has 0 aliphatic heterocycles. The summed E-state index contributed by atoms with van der Waals surface area (Å²) in [6, 6.07) is 19.6. The Morgan fingerprint density at radius 3 is 2.58 bits per heavy atom. The highest BCUT2D eigenvalue weighted by molar-refractivity contribution is 5.92. The number of rotatable bonds is 6. The minimum Gasteiger partial charge on any atom is -0.347 e. The molecular weight excluding hydrogens is 391 g/mol. The van der Waals surface area contributed by atoms with E-state index in [-0.39, 0.29) is 11.7 Å². The number of nitrogens with one attached hydrogen (secondary N) is 1. The van der Waals surface area contributed by atoms with E-state index in [1.165, 1.54) is 18.2 Å². The quantitative estimate of drug-likeness (QED) is 0.467. The first-order chi connectivity index (χ1) is 15.1. The highest BCUT2D eigenvalue weighted by atomic mass is 19.1. The Hall–Kier alpha value is -4.06. The van der Waals surface area contributed by atoms with Gasteiger partial charge in [0.15, 0.2) is 0 Å². The first-order valence-electron chi connectivity index (χ1n) is 9.87. The summed E-state index contributed by atoms with van der Waals surface area (Å²) >= 11 is 0. The number of nitrogens with zero attached hydrogens (tertiary/aromatic N) is 3. The number of aromatic nitrogens is 3. The van der Waals surface area contributed by atoms with Gasteiger partial charge in [0.2, 0.25) is 5.91 Å². The number of para-hydroxylation sites is 1. The number of benzene rings is 2. The van der Waals surface area contributed by atoms with Gasteiger partial charge in [-0.25, -0.2) is 9.07 Å². The van der Waals surface area contributed by atoms with Crippen LogP contribution in [0.15, 0.2) is 85.2 Å². The normalized spacial score (nSPS) is 11.0. The van der Waals surface area contributed by atoms with Crippen molar-refractivity contribution in [2.45, 2.75) is 13.5 Å². The minimum atomic E-state index is -0.312. The average Bonchev–Trinajstić information content (AvgIpc) is 3.22. The van der Waals surface area contributed by atoms with Crippen LogP contribution < -0.4 is 5.32 Å². The summed E-state index contributed by atoms with van der Waals surface area (Å²) in [6.45, 7) is 2.31. The van der Waals surface area contributed by atoms with Gasteiger partial charge in [-0.15, -0.1) is 0 Å². The van der Waals surface area contributed by atoms with E-state index < -0.39 is 0 Å². The van der Waals surface area contributed by atoms with E-state index in [9.17, 15) is 9.18 Å². The second-order valence-electron chi connectivity index (χ2n) is 7.04. The molecule has 0 spiro atoms. The molecule has 0 atom stereocenters. The van der Waals surface area contributed by atoms with E-state index in [4.69, 9.17) is 0 Å². The Morgan fingerprint density at radius 1 is 1.06 bits per heavy atom. The summed E-state index contributed by atoms with van der Waals surface area (Å²) in [5, 5.41) is 7.51. The van der Waals surface area contributed by atoms with Crippen molar-refractivity contribution in [1.29, 1.82) is 0 Å². The molecule has 4 rings (SSSR count). The van der Waals surface area contributed by atoms with Crippen LogP contribution in [0.25, 0.3) is 23.0 Å². The number of halogens is 1. The molecule has 0 radical (unpaired) electrons. The van der Waals surface area contributed by atoms with Crippen LogP contribution in [0.1, 0.15) is 16.8 Å². The summed E-state index contributed by atoms with van der Waals surface area (Å²) < 4.78 is 15.1. The Morgan fingerprint density at radius 2 is 1.84 bits per heavy atom. The van der Waals surface area contributed by atoms with Gasteiger partial charge in [-0.2, -0.15) is 5.10 Å². The molecule has 154 valence electrons. The molecule has 31 heavy (non-hydrogen) atoms. The lowest BCUT2D eigenvalue weighted by atomic mass is 10.1. The molecule has 5 nitrogen and oxygen atoms in total. The predicted octanol–water partition coefficient (Wildman–Crippen LogP) is 4.71. The molecule has 0 saturated carbocycles. The standard InChI is InChI=1S/C25H21FN4O/c1-18-6-5-15-27-23(18)16-28-24(31)14-11-20-17-30(22-7-3-2-4-8-22)29-25(20)19-9-12-21(26)13-10-19/h2-15,17H,16H2,1H3,(H,28,31). The van der Waals surface area contributed by atoms with E-state index in [0.29, 0.717) is 12.2 Å². The van der Waals surface area contributed by atoms with E-state index in [2.05, 4.69) is 15.4 Å². The monoisotopic (exact) mass is 412 g/mol. The largest absolute Gasteiger partial charge is 0.347 e. The van der Waals surface area contributed by atoms with Crippen molar-refractivity contribution in [1.82, 2.24) is 20.1 Å². The van der Waals surface area contributed by atoms with Gasteiger partial charge in [0, 0.05) is 29.6 Å². The van der Waals surface area contributed by atoms with Gasteiger partial charge in [-0.05, 0) is 61.0 Å². The molecular formula is C25H21FN4O. The third-order valence-electron chi connectivity index (χ3n) is 4.84. The molecule has 4 aromatic rings. The molecule has 0 fully saturated rings. The molecule has 2 heterocycles. The molecule has 0 bridgehead atoms. The summed E-state index contributed by atoms with van der Waals surface area (Å²) in [5.74, 6) is -0.546. The predicted molar refractivity (Wildman–Crippen MR) is 119 cm³/mol. The van der Waals surface area contributed by atoms with Gasteiger partial charge < -0.3 is 5.32 Å². The van der Waals surface area contributed by atoms with Crippen LogP contribution in [0.2, 0.25) is 0 Å². The highest BCUT2D eigenvalue weighted by Crippen LogP contribution is 2.25. The summed E-state index contributed by atoms with van der Waals surface area (Å²) in [7, 11) is 0. The maximum Gasteiger partial charge on any atom is 0.244 e. The summed E-state index contributed by atoms with van der Waals surface area (Å²) in [6.07, 6.45) is 6.74. The zero-order valence-corrected chi connectivity index (χ0v) is 17.0. The molecule has 2 aromatic carbocycles. The third-order valence-corrected chi connectivity index (χ3v) is 4.84. The lowest BCUT2D eigenvalue weighted by molar-refractivity contribution is -0.116. The average molecular weight is 412 g/mol. The molecule has 6 heteroatoms. The number of hydrogen-bond donors (Lipinski definition) is 1. The number of hydrogen-bond acceptors (Lipinski definition) is 3. The van der Waals surface area contributed by atoms with Crippen molar-refractivity contribution in [2.75, 3.05) is 0 Å². The lowest BCUT2D eigenvalue weighted by Crippen LogP contribution is -2.21. The smallest absolute Gasteiger partial charge is 0.244 e. The van der Waals surface area contributed by atoms with Crippen LogP contribution in [0.4, 0.5) is 4.39 Å². The van der Waals surface area contributed by atoms with Crippen molar-refractivity contribution >= 4 is 12.0 Å². The number of carbonyl (C=O) groups is 1. The zero-order chi connectivity index (χ0) is 21.6. The Kier molecular flexibility index (Phi) is 5.98. The first kappa shape index (κ1) is 20.2. The Labute approximate surface area is 179 Å². The van der Waals surface area contributed by atoms with Crippen LogP contribution in [-0.2, 0) is 11.3 Å². The van der Waals surface area contributed by atoms with E-state index >= 15 is 0 Å². The minimum absolute atomic E-state index is 0.234. The number of pyridine rings is 1. The fourth-order valence-electron chi connectivity index (χ4n) is 3.15. The van der Waals surface area contributed by atoms with Gasteiger partial charge in [0.25, 0.3) is 0 Å². The third kappa shape index (κ3) is 4.93. The fourth-order valence-corrected chi connectivity index (χ4v) is 3.15. The van der Waals surface area contributed by atoms with E-state index in [1.807, 2.05) is 55.6 Å². The first-order valence-corrected chi connectivity index (χ1v) is 9.87. The van der Waals surface area contributed by atoms with Crippen LogP contribution in [0.3, 0.4) is 0 Å². The lowest BCUT2D eigenvalue weighted by Gasteiger charge is -2.04. The molecule has 0 aliphatic rings. The maximum absolute atomic E-state index is 13.4. The zero-order valence-electron chi connectivity index (χ0n) is 17.0. The Bertz CT molecular complexity index is 1210. The Balaban J connectivity index is 1.58. The van der Waals surface area contributed by atoms with Gasteiger partial charge in [0.1, 0.15) is 5.82 Å². The van der Waals surface area contributed by atoms with E-state index in [0.717, 1.165) is 28.1 Å². The van der Waals surface area contributed by atoms with Crippen molar-refractivity contribution in [3.63, 3.8) is 0 Å². The molecule has 1 amide bonds. The molecule has 0 saturated heterocycles. The van der Waals surface area contributed by atoms with Gasteiger partial charge in [-0.1, -0.05) is 24.3 Å². The van der Waals surface area contributed by atoms with Crippen LogP contribution >= 0.6 is 0 Å². The second-order valence-corrected chi connectivity index (χ2v) is 7.04. The molecule has 2 aromatic heterocycles. The van der Waals surface area contributed by atoms with Gasteiger partial charge in [0.05, 0.1) is 23.6 Å². The molecule has 0 aliphatic carbocycles. The highest BCUT2D eigenvalue weighted by Gasteiger charge is 2.11. The van der Waals surface area contributed by atoms with Crippen molar-refractivity contribution in [3.05, 3.63) is 108 Å². The van der Waals surface area contributed by atoms with Crippen molar-refractivity contribution in [3.8, 4) is 16.9 Å². The van der Waals surface area contributed by atoms with Gasteiger partial charge >= 0.3 is 0 Å². The van der Waals surface area contributed by atoms with Gasteiger partial charge in [-0.3, -0.25) is 9.78 Å². The summed E-state index contributed by atoms with van der Waals surface area (Å²) in [4.78, 5) is 16.7. The van der Waals surface area contributed by atoms with E-state index in [1.54, 1.807) is 29.1 Å². The SMILES string of the molecule is Cc1cccnc1CNC(=O)C=Cc1cn(-c2ccccc2)nc1-c1ccc(F)cc1. The number of carbonyl (C=O) groups excluding carboxylic acids is 1. The van der Waals surface area contributed by atoms with Crippen LogP contribution in [-0.4, -0.2) is 20.7 Å². The van der Waals surface area contributed by atoms with Crippen molar-refractivity contribution in [2.24, 2.45) is 0 Å². The maximum atomic E-state index is 13.4. The fraction of sp³-hybridized carbons (Fsp3) is 0.0800. The molecule has 0 unspecified atom stereocenters. The van der Waals surface area contributed by atoms with Crippen LogP contribution in [0, 0.1) is 12.7 Å². The summed E-state index contributed by atoms with van der Waals surface area (Å²) in [5.41, 5.74) is 4.91. The van der Waals surface area contributed by atoms with Crippen molar-refractivity contribution < 1.29 is 9.18 Å². The van der Waals surface area contributed by atoms with Crippen LogP contribution in [0.5, 0.6) is 0 Å². The second kappa shape index (κ2) is 9.17. The number of amides is 1.